The van der Waals surface area contributed by atoms with E-state index in [2.05, 4.69) is 15.0 Å². The van der Waals surface area contributed by atoms with E-state index in [4.69, 9.17) is 10.5 Å². The minimum absolute atomic E-state index is 0.0855. The third-order valence-corrected chi connectivity index (χ3v) is 4.70. The second kappa shape index (κ2) is 6.51. The van der Waals surface area contributed by atoms with Crippen LogP contribution in [0.3, 0.4) is 0 Å². The molecule has 5 nitrogen and oxygen atoms in total. The summed E-state index contributed by atoms with van der Waals surface area (Å²) in [5, 5.41) is 2.69. The molecule has 2 aliphatic rings. The lowest BCUT2D eigenvalue weighted by Gasteiger charge is -2.22. The first-order valence-corrected chi connectivity index (χ1v) is 7.87. The molecule has 0 amide bonds. The quantitative estimate of drug-likeness (QED) is 0.651. The van der Waals surface area contributed by atoms with Crippen LogP contribution in [0, 0.1) is 11.3 Å². The van der Waals surface area contributed by atoms with Crippen LogP contribution in [0.4, 0.5) is 18.9 Å². The number of alkyl halides is 3. The van der Waals surface area contributed by atoms with E-state index in [1.807, 2.05) is 0 Å². The zero-order valence-corrected chi connectivity index (χ0v) is 13.1. The Balaban J connectivity index is 1.58. The van der Waals surface area contributed by atoms with Crippen LogP contribution < -0.4 is 15.8 Å². The van der Waals surface area contributed by atoms with Crippen LogP contribution >= 0.6 is 0 Å². The summed E-state index contributed by atoms with van der Waals surface area (Å²) in [5.74, 6) is 0.223. The average molecular weight is 343 g/mol. The lowest BCUT2D eigenvalue weighted by molar-refractivity contribution is -0.274. The molecule has 1 saturated heterocycles. The smallest absolute Gasteiger partial charge is 0.404 e. The third-order valence-electron chi connectivity index (χ3n) is 4.70. The van der Waals surface area contributed by atoms with Gasteiger partial charge in [-0.1, -0.05) is 12.1 Å². The number of para-hydroxylation sites is 2. The summed E-state index contributed by atoms with van der Waals surface area (Å²) in [5.41, 5.74) is 6.27. The number of ether oxygens (including phenoxy) is 2. The molecule has 1 heterocycles. The Bertz CT molecular complexity index is 613. The van der Waals surface area contributed by atoms with Crippen molar-refractivity contribution in [3.8, 4) is 5.75 Å². The van der Waals surface area contributed by atoms with Gasteiger partial charge >= 0.3 is 6.36 Å². The van der Waals surface area contributed by atoms with Gasteiger partial charge in [0.05, 0.1) is 5.69 Å². The molecule has 1 unspecified atom stereocenters. The fourth-order valence-corrected chi connectivity index (χ4v) is 3.25. The van der Waals surface area contributed by atoms with Gasteiger partial charge < -0.3 is 20.5 Å². The minimum atomic E-state index is -4.76. The van der Waals surface area contributed by atoms with Gasteiger partial charge in [-0.25, -0.2) is 0 Å². The molecule has 8 heteroatoms. The van der Waals surface area contributed by atoms with E-state index in [1.54, 1.807) is 6.07 Å². The number of aliphatic imine (C=N–C) groups is 1. The van der Waals surface area contributed by atoms with Gasteiger partial charge in [0.25, 0.3) is 0 Å². The molecule has 3 N–H and O–H groups in total. The molecule has 1 saturated carbocycles. The highest BCUT2D eigenvalue weighted by molar-refractivity contribution is 5.93. The zero-order chi connectivity index (χ0) is 17.2. The van der Waals surface area contributed by atoms with Crippen molar-refractivity contribution in [3.63, 3.8) is 0 Å². The first kappa shape index (κ1) is 16.9. The molecule has 0 bridgehead atoms. The Hall–Kier alpha value is -1.96. The van der Waals surface area contributed by atoms with Crippen molar-refractivity contribution in [1.29, 1.82) is 0 Å². The normalized spacial score (nSPS) is 23.1. The Kier molecular flexibility index (Phi) is 4.58. The Morgan fingerprint density at radius 3 is 2.75 bits per heavy atom. The second-order valence-electron chi connectivity index (χ2n) is 6.27. The van der Waals surface area contributed by atoms with Crippen molar-refractivity contribution in [1.82, 2.24) is 0 Å². The molecular formula is C16H20F3N3O2. The number of halogens is 3. The van der Waals surface area contributed by atoms with E-state index in [0.29, 0.717) is 17.9 Å². The van der Waals surface area contributed by atoms with E-state index in [-0.39, 0.29) is 17.4 Å². The number of benzene rings is 1. The fourth-order valence-electron chi connectivity index (χ4n) is 3.25. The molecule has 1 aliphatic carbocycles. The monoisotopic (exact) mass is 343 g/mol. The lowest BCUT2D eigenvalue weighted by atomic mass is 9.94. The number of hydrogen-bond donors (Lipinski definition) is 2. The van der Waals surface area contributed by atoms with Crippen molar-refractivity contribution in [2.24, 2.45) is 22.1 Å². The van der Waals surface area contributed by atoms with Gasteiger partial charge in [-0.05, 0) is 42.7 Å². The van der Waals surface area contributed by atoms with Gasteiger partial charge in [0, 0.05) is 19.8 Å². The maximum Gasteiger partial charge on any atom is 0.573 e. The first-order valence-electron chi connectivity index (χ1n) is 7.87. The molecule has 3 rings (SSSR count). The van der Waals surface area contributed by atoms with Crippen molar-refractivity contribution in [2.45, 2.75) is 25.6 Å². The number of guanidine groups is 1. The lowest BCUT2D eigenvalue weighted by Crippen LogP contribution is -2.25. The van der Waals surface area contributed by atoms with Crippen molar-refractivity contribution < 1.29 is 22.6 Å². The highest BCUT2D eigenvalue weighted by Crippen LogP contribution is 2.59. The third kappa shape index (κ3) is 4.11. The predicted molar refractivity (Wildman–Crippen MR) is 83.8 cm³/mol. The largest absolute Gasteiger partial charge is 0.573 e. The Labute approximate surface area is 138 Å². The number of nitrogens with two attached hydrogens (primary N) is 1. The van der Waals surface area contributed by atoms with Gasteiger partial charge in [0.1, 0.15) is 0 Å². The maximum atomic E-state index is 12.4. The van der Waals surface area contributed by atoms with Crippen molar-refractivity contribution in [3.05, 3.63) is 24.3 Å². The van der Waals surface area contributed by atoms with Gasteiger partial charge in [-0.15, -0.1) is 13.2 Å². The van der Waals surface area contributed by atoms with Crippen LogP contribution in [0.25, 0.3) is 0 Å². The summed E-state index contributed by atoms with van der Waals surface area (Å²) < 4.78 is 46.6. The van der Waals surface area contributed by atoms with Crippen LogP contribution in [0.15, 0.2) is 29.3 Å². The number of rotatable bonds is 4. The Morgan fingerprint density at radius 1 is 1.33 bits per heavy atom. The topological polar surface area (TPSA) is 68.9 Å². The number of anilines is 1. The van der Waals surface area contributed by atoms with E-state index >= 15 is 0 Å². The van der Waals surface area contributed by atoms with Crippen LogP contribution in [-0.4, -0.2) is 32.1 Å². The molecule has 1 atom stereocenters. The molecule has 1 spiro atoms. The summed E-state index contributed by atoms with van der Waals surface area (Å²) in [6.45, 7) is 2.15. The number of nitrogens with zero attached hydrogens (tertiary/aromatic N) is 1. The molecular weight excluding hydrogens is 323 g/mol. The minimum Gasteiger partial charge on any atom is -0.404 e. The molecule has 132 valence electrons. The number of hydrogen-bond acceptors (Lipinski definition) is 3. The first-order chi connectivity index (χ1) is 11.4. The van der Waals surface area contributed by atoms with Gasteiger partial charge in [0.2, 0.25) is 0 Å². The van der Waals surface area contributed by atoms with Crippen LogP contribution in [0.1, 0.15) is 19.3 Å². The summed E-state index contributed by atoms with van der Waals surface area (Å²) >= 11 is 0. The average Bonchev–Trinajstić information content (AvgIpc) is 3.18. The van der Waals surface area contributed by atoms with Crippen molar-refractivity contribution >= 4 is 11.6 Å². The summed E-state index contributed by atoms with van der Waals surface area (Å²) in [7, 11) is 0. The molecule has 0 radical (unpaired) electrons. The van der Waals surface area contributed by atoms with Crippen LogP contribution in [0.2, 0.25) is 0 Å². The van der Waals surface area contributed by atoms with Crippen LogP contribution in [-0.2, 0) is 4.74 Å². The summed E-state index contributed by atoms with van der Waals surface area (Å²) in [6, 6.07) is 5.73. The second-order valence-corrected chi connectivity index (χ2v) is 6.27. The van der Waals surface area contributed by atoms with E-state index in [1.165, 1.54) is 18.2 Å². The van der Waals surface area contributed by atoms with Crippen molar-refractivity contribution in [2.75, 3.05) is 25.1 Å². The fraction of sp³-hybridized carbons (Fsp3) is 0.562. The maximum absolute atomic E-state index is 12.4. The molecule has 1 aliphatic heterocycles. The standard InChI is InChI=1S/C16H20F3N3O2/c17-16(18,19)24-13-4-2-1-3-12(13)22-14(20)21-10-11-9-15(11)5-7-23-8-6-15/h1-4,11H,5-10H2,(H3,20,21,22). The molecule has 0 aromatic heterocycles. The van der Waals surface area contributed by atoms with E-state index < -0.39 is 6.36 Å². The molecule has 1 aromatic rings. The molecule has 1 aromatic carbocycles. The molecule has 2 fully saturated rings. The van der Waals surface area contributed by atoms with E-state index in [9.17, 15) is 13.2 Å². The van der Waals surface area contributed by atoms with Gasteiger partial charge in [-0.3, -0.25) is 4.99 Å². The van der Waals surface area contributed by atoms with Gasteiger partial charge in [-0.2, -0.15) is 0 Å². The highest BCUT2D eigenvalue weighted by atomic mass is 19.4. The van der Waals surface area contributed by atoms with Crippen LogP contribution in [0.5, 0.6) is 5.75 Å². The SMILES string of the molecule is NC(=NCC1CC12CCOCC2)Nc1ccccc1OC(F)(F)F. The molecule has 24 heavy (non-hydrogen) atoms. The summed E-state index contributed by atoms with van der Waals surface area (Å²) in [6.07, 6.45) is -1.56. The predicted octanol–water partition coefficient (Wildman–Crippen LogP) is 3.13. The number of nitrogens with one attached hydrogen (secondary N) is 1. The highest BCUT2D eigenvalue weighted by Gasteiger charge is 2.53. The van der Waals surface area contributed by atoms with Gasteiger partial charge in [0.15, 0.2) is 11.7 Å². The summed E-state index contributed by atoms with van der Waals surface area (Å²) in [4.78, 5) is 4.27. The Morgan fingerprint density at radius 2 is 2.04 bits per heavy atom. The zero-order valence-electron chi connectivity index (χ0n) is 13.1. The van der Waals surface area contributed by atoms with E-state index in [0.717, 1.165) is 32.5 Å².